The lowest BCUT2D eigenvalue weighted by Gasteiger charge is -2.37. The van der Waals surface area contributed by atoms with Gasteiger partial charge in [-0.15, -0.1) is 0 Å². The van der Waals surface area contributed by atoms with E-state index in [1.165, 1.54) is 4.90 Å². The van der Waals surface area contributed by atoms with Gasteiger partial charge in [0.2, 0.25) is 0 Å². The number of carboxylic acid groups (broad SMARTS) is 1. The molecular formula is C15H21N3O3. The van der Waals surface area contributed by atoms with Crippen LogP contribution in [0.5, 0.6) is 0 Å². The van der Waals surface area contributed by atoms with Crippen molar-refractivity contribution in [3.63, 3.8) is 0 Å². The van der Waals surface area contributed by atoms with E-state index in [-0.39, 0.29) is 12.6 Å². The van der Waals surface area contributed by atoms with E-state index < -0.39 is 11.9 Å². The molecule has 1 aliphatic rings. The number of hydrogen-bond acceptors (Lipinski definition) is 3. The maximum Gasteiger partial charge on any atom is 0.324 e. The highest BCUT2D eigenvalue weighted by molar-refractivity contribution is 5.96. The fourth-order valence-corrected chi connectivity index (χ4v) is 2.48. The summed E-state index contributed by atoms with van der Waals surface area (Å²) in [5.41, 5.74) is 1.88. The monoisotopic (exact) mass is 291 g/mol. The molecule has 0 saturated carbocycles. The van der Waals surface area contributed by atoms with Crippen molar-refractivity contribution in [1.29, 1.82) is 0 Å². The van der Waals surface area contributed by atoms with Crippen molar-refractivity contribution in [3.05, 3.63) is 24.3 Å². The van der Waals surface area contributed by atoms with Gasteiger partial charge in [-0.1, -0.05) is 19.1 Å². The molecule has 1 unspecified atom stereocenters. The smallest absolute Gasteiger partial charge is 0.324 e. The Labute approximate surface area is 124 Å². The first-order chi connectivity index (χ1) is 9.91. The van der Waals surface area contributed by atoms with Crippen LogP contribution in [0.25, 0.3) is 0 Å². The summed E-state index contributed by atoms with van der Waals surface area (Å²) < 4.78 is 0. The molecule has 1 aromatic rings. The molecule has 1 aromatic carbocycles. The number of para-hydroxylation sites is 2. The van der Waals surface area contributed by atoms with Crippen molar-refractivity contribution >= 4 is 23.4 Å². The first-order valence-electron chi connectivity index (χ1n) is 6.97. The number of fused-ring (bicyclic) bond motifs is 1. The van der Waals surface area contributed by atoms with Gasteiger partial charge in [0.25, 0.3) is 0 Å². The van der Waals surface area contributed by atoms with E-state index in [4.69, 9.17) is 5.11 Å². The molecule has 0 saturated heterocycles. The molecular weight excluding hydrogens is 270 g/mol. The van der Waals surface area contributed by atoms with Crippen LogP contribution in [0.4, 0.5) is 16.2 Å². The van der Waals surface area contributed by atoms with Gasteiger partial charge >= 0.3 is 12.0 Å². The molecule has 1 aliphatic heterocycles. The van der Waals surface area contributed by atoms with Crippen LogP contribution in [-0.4, -0.2) is 55.7 Å². The van der Waals surface area contributed by atoms with E-state index in [1.807, 2.05) is 31.3 Å². The molecule has 0 spiro atoms. The van der Waals surface area contributed by atoms with Gasteiger partial charge in [0.1, 0.15) is 0 Å². The van der Waals surface area contributed by atoms with Gasteiger partial charge in [0, 0.05) is 33.7 Å². The Bertz CT molecular complexity index is 547. The zero-order chi connectivity index (χ0) is 15.6. The second-order valence-electron chi connectivity index (χ2n) is 5.46. The van der Waals surface area contributed by atoms with Crippen molar-refractivity contribution < 1.29 is 14.7 Å². The van der Waals surface area contributed by atoms with Gasteiger partial charge in [-0.3, -0.25) is 9.69 Å². The number of hydrogen-bond donors (Lipinski definition) is 1. The lowest BCUT2D eigenvalue weighted by atomic mass is 10.1. The Morgan fingerprint density at radius 1 is 1.29 bits per heavy atom. The third kappa shape index (κ3) is 3.09. The highest BCUT2D eigenvalue weighted by Gasteiger charge is 2.28. The summed E-state index contributed by atoms with van der Waals surface area (Å²) in [5, 5.41) is 8.96. The first-order valence-corrected chi connectivity index (χ1v) is 6.97. The van der Waals surface area contributed by atoms with Gasteiger partial charge in [-0.05, 0) is 12.1 Å². The van der Waals surface area contributed by atoms with Crippen molar-refractivity contribution in [2.75, 3.05) is 43.5 Å². The van der Waals surface area contributed by atoms with Crippen molar-refractivity contribution in [3.8, 4) is 0 Å². The van der Waals surface area contributed by atoms with Crippen LogP contribution in [0.3, 0.4) is 0 Å². The molecule has 0 bridgehead atoms. The number of anilines is 2. The Kier molecular flexibility index (Phi) is 4.35. The molecule has 0 aromatic heterocycles. The van der Waals surface area contributed by atoms with Gasteiger partial charge in [-0.2, -0.15) is 0 Å². The fourth-order valence-electron chi connectivity index (χ4n) is 2.48. The van der Waals surface area contributed by atoms with Gasteiger partial charge < -0.3 is 14.9 Å². The SMILES string of the molecule is CC(CN(C)C(=O)N1CCN(C)c2ccccc21)C(=O)O. The van der Waals surface area contributed by atoms with E-state index in [2.05, 4.69) is 4.90 Å². The summed E-state index contributed by atoms with van der Waals surface area (Å²) in [7, 11) is 3.64. The normalized spacial score (nSPS) is 15.4. The minimum Gasteiger partial charge on any atom is -0.481 e. The van der Waals surface area contributed by atoms with Crippen LogP contribution in [0.2, 0.25) is 0 Å². The maximum absolute atomic E-state index is 12.6. The van der Waals surface area contributed by atoms with Crippen molar-refractivity contribution in [1.82, 2.24) is 4.90 Å². The molecule has 2 rings (SSSR count). The number of amides is 2. The summed E-state index contributed by atoms with van der Waals surface area (Å²) >= 11 is 0. The number of benzene rings is 1. The van der Waals surface area contributed by atoms with Gasteiger partial charge in [0.15, 0.2) is 0 Å². The minimum atomic E-state index is -0.895. The first kappa shape index (κ1) is 15.2. The Morgan fingerprint density at radius 2 is 1.90 bits per heavy atom. The van der Waals surface area contributed by atoms with E-state index in [1.54, 1.807) is 18.9 Å². The summed E-state index contributed by atoms with van der Waals surface area (Å²) in [6.45, 7) is 3.15. The summed E-state index contributed by atoms with van der Waals surface area (Å²) in [5.74, 6) is -1.48. The van der Waals surface area contributed by atoms with Crippen LogP contribution in [0, 0.1) is 5.92 Å². The lowest BCUT2D eigenvalue weighted by Crippen LogP contribution is -2.49. The fraction of sp³-hybridized carbons (Fsp3) is 0.467. The van der Waals surface area contributed by atoms with E-state index in [9.17, 15) is 9.59 Å². The number of aliphatic carboxylic acids is 1. The molecule has 21 heavy (non-hydrogen) atoms. The highest BCUT2D eigenvalue weighted by Crippen LogP contribution is 2.32. The van der Waals surface area contributed by atoms with Crippen LogP contribution >= 0.6 is 0 Å². The average molecular weight is 291 g/mol. The second-order valence-corrected chi connectivity index (χ2v) is 5.46. The quantitative estimate of drug-likeness (QED) is 0.921. The molecule has 6 nitrogen and oxygen atoms in total. The minimum absolute atomic E-state index is 0.163. The predicted molar refractivity (Wildman–Crippen MR) is 81.9 cm³/mol. The zero-order valence-electron chi connectivity index (χ0n) is 12.6. The van der Waals surface area contributed by atoms with Gasteiger partial charge in [0.05, 0.1) is 17.3 Å². The second kappa shape index (κ2) is 6.03. The number of rotatable bonds is 3. The maximum atomic E-state index is 12.6. The third-order valence-corrected chi connectivity index (χ3v) is 3.77. The van der Waals surface area contributed by atoms with Crippen LogP contribution in [0.1, 0.15) is 6.92 Å². The summed E-state index contributed by atoms with van der Waals surface area (Å²) in [6.07, 6.45) is 0. The summed E-state index contributed by atoms with van der Waals surface area (Å²) in [4.78, 5) is 28.8. The molecule has 1 N–H and O–H groups in total. The number of carbonyl (C=O) groups is 2. The molecule has 1 atom stereocenters. The van der Waals surface area contributed by atoms with Crippen molar-refractivity contribution in [2.24, 2.45) is 5.92 Å². The topological polar surface area (TPSA) is 64.1 Å². The van der Waals surface area contributed by atoms with Crippen molar-refractivity contribution in [2.45, 2.75) is 6.92 Å². The van der Waals surface area contributed by atoms with Gasteiger partial charge in [-0.25, -0.2) is 4.79 Å². The number of carboxylic acids is 1. The van der Waals surface area contributed by atoms with E-state index in [0.717, 1.165) is 17.9 Å². The molecule has 1 heterocycles. The van der Waals surface area contributed by atoms with Crippen LogP contribution in [0.15, 0.2) is 24.3 Å². The molecule has 2 amide bonds. The molecule has 0 fully saturated rings. The van der Waals surface area contributed by atoms with Crippen LogP contribution in [-0.2, 0) is 4.79 Å². The molecule has 6 heteroatoms. The Balaban J connectivity index is 2.17. The van der Waals surface area contributed by atoms with E-state index in [0.29, 0.717) is 6.54 Å². The highest BCUT2D eigenvalue weighted by atomic mass is 16.4. The summed E-state index contributed by atoms with van der Waals surface area (Å²) in [6, 6.07) is 7.58. The molecule has 114 valence electrons. The largest absolute Gasteiger partial charge is 0.481 e. The Morgan fingerprint density at radius 3 is 2.52 bits per heavy atom. The zero-order valence-corrected chi connectivity index (χ0v) is 12.6. The number of urea groups is 1. The molecule has 0 aliphatic carbocycles. The number of carbonyl (C=O) groups excluding carboxylic acids is 1. The number of nitrogens with zero attached hydrogens (tertiary/aromatic N) is 3. The predicted octanol–water partition coefficient (Wildman–Crippen LogP) is 1.72. The standard InChI is InChI=1S/C15H21N3O3/c1-11(14(19)20)10-17(3)15(21)18-9-8-16(2)12-6-4-5-7-13(12)18/h4-7,11H,8-10H2,1-3H3,(H,19,20). The average Bonchev–Trinajstić information content (AvgIpc) is 2.47. The molecule has 0 radical (unpaired) electrons. The van der Waals surface area contributed by atoms with E-state index >= 15 is 0 Å². The Hall–Kier alpha value is -2.24. The van der Waals surface area contributed by atoms with Crippen LogP contribution < -0.4 is 9.80 Å². The third-order valence-electron chi connectivity index (χ3n) is 3.77. The number of likely N-dealkylation sites (N-methyl/N-ethyl adjacent to an activating group) is 1. The lowest BCUT2D eigenvalue weighted by molar-refractivity contribution is -0.141.